The number of aliphatic imine (C=N–C) groups is 1. The highest BCUT2D eigenvalue weighted by Gasteiger charge is 2.06. The maximum Gasteiger partial charge on any atom is 0.191 e. The van der Waals surface area contributed by atoms with Gasteiger partial charge in [0, 0.05) is 43.4 Å². The summed E-state index contributed by atoms with van der Waals surface area (Å²) >= 11 is 1.74. The summed E-state index contributed by atoms with van der Waals surface area (Å²) < 4.78 is 5.36. The molecule has 0 saturated carbocycles. The van der Waals surface area contributed by atoms with Crippen LogP contribution in [-0.2, 0) is 13.0 Å². The Morgan fingerprint density at radius 2 is 2.08 bits per heavy atom. The number of thiazole rings is 1. The summed E-state index contributed by atoms with van der Waals surface area (Å²) in [5, 5.41) is 9.98. The van der Waals surface area contributed by atoms with Gasteiger partial charge in [-0.05, 0) is 6.07 Å². The Bertz CT molecular complexity index is 667. The van der Waals surface area contributed by atoms with E-state index in [1.54, 1.807) is 25.5 Å². The van der Waals surface area contributed by atoms with Crippen LogP contribution in [0.5, 0.6) is 5.75 Å². The van der Waals surface area contributed by atoms with E-state index in [1.165, 1.54) is 5.01 Å². The van der Waals surface area contributed by atoms with Crippen molar-refractivity contribution in [2.24, 2.45) is 4.99 Å². The van der Waals surface area contributed by atoms with E-state index in [2.05, 4.69) is 39.8 Å². The van der Waals surface area contributed by atoms with Crippen molar-refractivity contribution in [2.75, 3.05) is 20.7 Å². The van der Waals surface area contributed by atoms with Crippen LogP contribution in [0.25, 0.3) is 0 Å². The van der Waals surface area contributed by atoms with E-state index >= 15 is 0 Å². The van der Waals surface area contributed by atoms with Crippen molar-refractivity contribution in [3.05, 3.63) is 45.9 Å². The number of methoxy groups -OCH3 is 1. The zero-order valence-corrected chi connectivity index (χ0v) is 15.6. The molecule has 5 nitrogen and oxygen atoms in total. The molecule has 0 aliphatic carbocycles. The maximum atomic E-state index is 5.36. The van der Waals surface area contributed by atoms with Gasteiger partial charge in [0.05, 0.1) is 17.8 Å². The molecule has 0 aliphatic heterocycles. The number of nitrogens with zero attached hydrogens (tertiary/aromatic N) is 2. The van der Waals surface area contributed by atoms with E-state index in [-0.39, 0.29) is 0 Å². The Balaban J connectivity index is 1.80. The first kappa shape index (κ1) is 18.3. The number of hydrogen-bond acceptors (Lipinski definition) is 4. The monoisotopic (exact) mass is 346 g/mol. The van der Waals surface area contributed by atoms with Crippen molar-refractivity contribution in [1.29, 1.82) is 0 Å². The van der Waals surface area contributed by atoms with E-state index in [1.807, 2.05) is 24.3 Å². The van der Waals surface area contributed by atoms with Crippen molar-refractivity contribution in [1.82, 2.24) is 15.6 Å². The molecule has 2 rings (SSSR count). The molecular formula is C18H26N4OS. The summed E-state index contributed by atoms with van der Waals surface area (Å²) in [6.45, 7) is 5.81. The van der Waals surface area contributed by atoms with Crippen LogP contribution in [0.1, 0.15) is 36.0 Å². The van der Waals surface area contributed by atoms with Gasteiger partial charge in [-0.25, -0.2) is 4.98 Å². The zero-order chi connectivity index (χ0) is 17.4. The molecule has 0 spiro atoms. The average Bonchev–Trinajstić information content (AvgIpc) is 3.07. The molecule has 0 amide bonds. The van der Waals surface area contributed by atoms with Crippen molar-refractivity contribution >= 4 is 17.3 Å². The molecule has 1 heterocycles. The highest BCUT2D eigenvalue weighted by Crippen LogP contribution is 2.19. The molecular weight excluding hydrogens is 320 g/mol. The Kier molecular flexibility index (Phi) is 7.06. The van der Waals surface area contributed by atoms with Gasteiger partial charge >= 0.3 is 0 Å². The molecule has 0 aliphatic rings. The van der Waals surface area contributed by atoms with Crippen LogP contribution in [-0.4, -0.2) is 31.6 Å². The minimum atomic E-state index is 0.493. The second-order valence-electron chi connectivity index (χ2n) is 5.75. The number of benzene rings is 1. The van der Waals surface area contributed by atoms with E-state index in [0.29, 0.717) is 12.5 Å². The molecule has 0 atom stereocenters. The summed E-state index contributed by atoms with van der Waals surface area (Å²) in [5.41, 5.74) is 2.24. The van der Waals surface area contributed by atoms with Gasteiger partial charge in [-0.15, -0.1) is 11.3 Å². The first-order chi connectivity index (χ1) is 11.6. The van der Waals surface area contributed by atoms with Gasteiger partial charge in [0.2, 0.25) is 0 Å². The van der Waals surface area contributed by atoms with Crippen LogP contribution < -0.4 is 15.4 Å². The quantitative estimate of drug-likeness (QED) is 0.597. The third kappa shape index (κ3) is 5.23. The predicted molar refractivity (Wildman–Crippen MR) is 101 cm³/mol. The molecule has 2 aromatic rings. The Hall–Kier alpha value is -2.08. The van der Waals surface area contributed by atoms with Crippen LogP contribution in [0, 0.1) is 0 Å². The lowest BCUT2D eigenvalue weighted by atomic mass is 10.2. The number of rotatable bonds is 7. The van der Waals surface area contributed by atoms with Crippen molar-refractivity contribution in [3.8, 4) is 5.75 Å². The topological polar surface area (TPSA) is 58.5 Å². The summed E-state index contributed by atoms with van der Waals surface area (Å²) in [4.78, 5) is 8.91. The molecule has 0 bridgehead atoms. The summed E-state index contributed by atoms with van der Waals surface area (Å²) in [6.07, 6.45) is 0.887. The van der Waals surface area contributed by atoms with Gasteiger partial charge < -0.3 is 15.4 Å². The molecule has 0 radical (unpaired) electrons. The van der Waals surface area contributed by atoms with Crippen LogP contribution in [0.4, 0.5) is 0 Å². The number of hydrogen-bond donors (Lipinski definition) is 2. The number of para-hydroxylation sites is 1. The second kappa shape index (κ2) is 9.27. The fourth-order valence-corrected chi connectivity index (χ4v) is 3.13. The lowest BCUT2D eigenvalue weighted by Gasteiger charge is -2.13. The highest BCUT2D eigenvalue weighted by molar-refractivity contribution is 7.09. The van der Waals surface area contributed by atoms with Crippen LogP contribution in [0.3, 0.4) is 0 Å². The standard InChI is InChI=1S/C18H26N4OS/c1-13(2)17-22-15(12-24-17)9-10-20-18(19-3)21-11-14-7-5-6-8-16(14)23-4/h5-8,12-13H,9-11H2,1-4H3,(H2,19,20,21). The van der Waals surface area contributed by atoms with E-state index in [9.17, 15) is 0 Å². The Morgan fingerprint density at radius 3 is 2.75 bits per heavy atom. The molecule has 0 fully saturated rings. The molecule has 1 aromatic carbocycles. The van der Waals surface area contributed by atoms with Gasteiger partial charge in [-0.2, -0.15) is 0 Å². The molecule has 130 valence electrons. The fraction of sp³-hybridized carbons (Fsp3) is 0.444. The second-order valence-corrected chi connectivity index (χ2v) is 6.64. The average molecular weight is 347 g/mol. The Labute approximate surface area is 148 Å². The largest absolute Gasteiger partial charge is 0.496 e. The van der Waals surface area contributed by atoms with Crippen LogP contribution in [0.15, 0.2) is 34.6 Å². The smallest absolute Gasteiger partial charge is 0.191 e. The summed E-state index contributed by atoms with van der Waals surface area (Å²) in [5.74, 6) is 2.15. The molecule has 24 heavy (non-hydrogen) atoms. The normalized spacial score (nSPS) is 11.6. The first-order valence-corrected chi connectivity index (χ1v) is 9.02. The number of ether oxygens (including phenoxy) is 1. The van der Waals surface area contributed by atoms with E-state index < -0.39 is 0 Å². The van der Waals surface area contributed by atoms with Crippen molar-refractivity contribution in [3.63, 3.8) is 0 Å². The van der Waals surface area contributed by atoms with Gasteiger partial charge in [0.25, 0.3) is 0 Å². The minimum absolute atomic E-state index is 0.493. The third-order valence-corrected chi connectivity index (χ3v) is 4.79. The molecule has 1 aromatic heterocycles. The molecule has 0 saturated heterocycles. The Morgan fingerprint density at radius 1 is 1.29 bits per heavy atom. The van der Waals surface area contributed by atoms with Crippen molar-refractivity contribution in [2.45, 2.75) is 32.7 Å². The summed E-state index contributed by atoms with van der Waals surface area (Å²) in [7, 11) is 3.46. The van der Waals surface area contributed by atoms with Crippen LogP contribution in [0.2, 0.25) is 0 Å². The molecule has 0 unspecified atom stereocenters. The fourth-order valence-electron chi connectivity index (χ4n) is 2.26. The van der Waals surface area contributed by atoms with Crippen LogP contribution >= 0.6 is 11.3 Å². The lowest BCUT2D eigenvalue weighted by Crippen LogP contribution is -2.37. The van der Waals surface area contributed by atoms with E-state index in [0.717, 1.165) is 35.9 Å². The van der Waals surface area contributed by atoms with Gasteiger partial charge in [-0.1, -0.05) is 32.0 Å². The highest BCUT2D eigenvalue weighted by atomic mass is 32.1. The third-order valence-electron chi connectivity index (χ3n) is 3.60. The predicted octanol–water partition coefficient (Wildman–Crippen LogP) is 3.18. The molecule has 2 N–H and O–H groups in total. The lowest BCUT2D eigenvalue weighted by molar-refractivity contribution is 0.409. The van der Waals surface area contributed by atoms with Gasteiger partial charge in [-0.3, -0.25) is 4.99 Å². The zero-order valence-electron chi connectivity index (χ0n) is 14.8. The summed E-state index contributed by atoms with van der Waals surface area (Å²) in [6, 6.07) is 7.97. The van der Waals surface area contributed by atoms with Gasteiger partial charge in [0.15, 0.2) is 5.96 Å². The molecule has 6 heteroatoms. The van der Waals surface area contributed by atoms with Gasteiger partial charge in [0.1, 0.15) is 5.75 Å². The number of guanidine groups is 1. The number of nitrogens with one attached hydrogen (secondary N) is 2. The minimum Gasteiger partial charge on any atom is -0.496 e. The van der Waals surface area contributed by atoms with E-state index in [4.69, 9.17) is 4.74 Å². The van der Waals surface area contributed by atoms with Crippen molar-refractivity contribution < 1.29 is 4.74 Å². The number of aromatic nitrogens is 1. The maximum absolute atomic E-state index is 5.36. The first-order valence-electron chi connectivity index (χ1n) is 8.14. The SMILES string of the molecule is CN=C(NCCc1csc(C(C)C)n1)NCc1ccccc1OC.